The lowest BCUT2D eigenvalue weighted by molar-refractivity contribution is -0.141. The molecule has 0 aliphatic carbocycles. The van der Waals surface area contributed by atoms with Gasteiger partial charge in [-0.1, -0.05) is 13.8 Å². The van der Waals surface area contributed by atoms with Crippen LogP contribution in [-0.2, 0) is 19.2 Å². The average Bonchev–Trinajstić information content (AvgIpc) is 2.65. The number of guanidine groups is 1. The van der Waals surface area contributed by atoms with E-state index in [0.29, 0.717) is 12.8 Å². The lowest BCUT2D eigenvalue weighted by Gasteiger charge is -2.21. The summed E-state index contributed by atoms with van der Waals surface area (Å²) in [6.07, 6.45) is 1.04. The van der Waals surface area contributed by atoms with Gasteiger partial charge in [0.15, 0.2) is 5.96 Å². The van der Waals surface area contributed by atoms with Crippen molar-refractivity contribution in [3.8, 4) is 0 Å². The molecule has 3 atom stereocenters. The number of thiol groups is 1. The second-order valence-corrected chi connectivity index (χ2v) is 7.47. The molecule has 30 heavy (non-hydrogen) atoms. The van der Waals surface area contributed by atoms with Crippen molar-refractivity contribution >= 4 is 42.3 Å². The Balaban J connectivity index is 4.91. The van der Waals surface area contributed by atoms with Gasteiger partial charge in [0, 0.05) is 12.3 Å². The summed E-state index contributed by atoms with van der Waals surface area (Å²) in [5.41, 5.74) is 16.4. The number of aliphatic imine (C=N–C) groups is 1. The van der Waals surface area contributed by atoms with Gasteiger partial charge in [-0.25, -0.2) is 4.79 Å². The molecule has 0 aromatic carbocycles. The van der Waals surface area contributed by atoms with Crippen molar-refractivity contribution in [3.05, 3.63) is 0 Å². The summed E-state index contributed by atoms with van der Waals surface area (Å²) >= 11 is 3.84. The van der Waals surface area contributed by atoms with Gasteiger partial charge in [-0.3, -0.25) is 19.4 Å². The van der Waals surface area contributed by atoms with E-state index in [-0.39, 0.29) is 30.6 Å². The van der Waals surface area contributed by atoms with E-state index in [2.05, 4.69) is 33.6 Å². The van der Waals surface area contributed by atoms with Gasteiger partial charge in [-0.05, 0) is 25.2 Å². The molecule has 0 fully saturated rings. The highest BCUT2D eigenvalue weighted by Gasteiger charge is 2.25. The SMILES string of the molecule is CC(C)CC(N)C(=O)NC(CCCN=C(N)N)C(=O)NCC(=O)NC(CS)C(=O)O. The smallest absolute Gasteiger partial charge is 0.327 e. The Morgan fingerprint density at radius 2 is 1.70 bits per heavy atom. The van der Waals surface area contributed by atoms with E-state index >= 15 is 0 Å². The van der Waals surface area contributed by atoms with Crippen LogP contribution in [0.4, 0.5) is 0 Å². The monoisotopic (exact) mass is 447 g/mol. The Hall–Kier alpha value is -2.54. The van der Waals surface area contributed by atoms with Gasteiger partial charge in [-0.2, -0.15) is 12.6 Å². The number of carbonyl (C=O) groups excluding carboxylic acids is 3. The Kier molecular flexibility index (Phi) is 13.2. The zero-order chi connectivity index (χ0) is 23.3. The maximum absolute atomic E-state index is 12.5. The summed E-state index contributed by atoms with van der Waals surface area (Å²) in [4.78, 5) is 51.4. The highest BCUT2D eigenvalue weighted by molar-refractivity contribution is 7.80. The maximum atomic E-state index is 12.5. The van der Waals surface area contributed by atoms with Crippen molar-refractivity contribution in [1.29, 1.82) is 0 Å². The average molecular weight is 448 g/mol. The predicted molar refractivity (Wildman–Crippen MR) is 116 cm³/mol. The van der Waals surface area contributed by atoms with E-state index in [1.165, 1.54) is 0 Å². The topological polar surface area (TPSA) is 215 Å². The fourth-order valence-electron chi connectivity index (χ4n) is 2.39. The number of nitrogens with zero attached hydrogens (tertiary/aromatic N) is 1. The number of nitrogens with two attached hydrogens (primary N) is 3. The molecule has 0 saturated heterocycles. The highest BCUT2D eigenvalue weighted by atomic mass is 32.1. The number of aliphatic carboxylic acids is 1. The third-order valence-electron chi connectivity index (χ3n) is 3.88. The second-order valence-electron chi connectivity index (χ2n) is 7.10. The van der Waals surface area contributed by atoms with Crippen LogP contribution in [0.1, 0.15) is 33.1 Å². The van der Waals surface area contributed by atoms with Crippen LogP contribution in [0, 0.1) is 5.92 Å². The maximum Gasteiger partial charge on any atom is 0.327 e. The first kappa shape index (κ1) is 27.5. The molecular formula is C17H33N7O5S. The second kappa shape index (κ2) is 14.4. The van der Waals surface area contributed by atoms with E-state index in [0.717, 1.165) is 0 Å². The normalized spacial score (nSPS) is 13.6. The Morgan fingerprint density at radius 3 is 2.20 bits per heavy atom. The van der Waals surface area contributed by atoms with E-state index < -0.39 is 48.4 Å². The van der Waals surface area contributed by atoms with Gasteiger partial charge < -0.3 is 38.3 Å². The molecule has 0 rings (SSSR count). The molecule has 3 amide bonds. The van der Waals surface area contributed by atoms with Crippen LogP contribution in [0.2, 0.25) is 0 Å². The molecule has 0 aliphatic rings. The Morgan fingerprint density at radius 1 is 1.07 bits per heavy atom. The van der Waals surface area contributed by atoms with Crippen LogP contribution in [0.3, 0.4) is 0 Å². The van der Waals surface area contributed by atoms with E-state index in [9.17, 15) is 19.2 Å². The van der Waals surface area contributed by atoms with Crippen molar-refractivity contribution in [1.82, 2.24) is 16.0 Å². The molecule has 0 heterocycles. The number of hydrogen-bond donors (Lipinski definition) is 8. The van der Waals surface area contributed by atoms with E-state index in [1.54, 1.807) is 0 Å². The zero-order valence-corrected chi connectivity index (χ0v) is 18.2. The van der Waals surface area contributed by atoms with Gasteiger partial charge in [0.25, 0.3) is 0 Å². The minimum Gasteiger partial charge on any atom is -0.480 e. The molecule has 0 aromatic rings. The molecule has 3 unspecified atom stereocenters. The standard InChI is InChI=1S/C17H33N7O5S/c1-9(2)6-10(18)14(26)24-11(4-3-5-21-17(19)20)15(27)22-7-13(25)23-12(8-30)16(28)29/h9-12,30H,3-8,18H2,1-2H3,(H,22,27)(H,23,25)(H,24,26)(H,28,29)(H4,19,20,21). The first-order valence-corrected chi connectivity index (χ1v) is 10.1. The number of hydrogen-bond acceptors (Lipinski definition) is 7. The fraction of sp³-hybridized carbons (Fsp3) is 0.706. The van der Waals surface area contributed by atoms with Crippen molar-refractivity contribution in [2.45, 2.75) is 51.2 Å². The first-order valence-electron chi connectivity index (χ1n) is 9.50. The van der Waals surface area contributed by atoms with Crippen LogP contribution >= 0.6 is 12.6 Å². The Labute approximate surface area is 181 Å². The quantitative estimate of drug-likeness (QED) is 0.0615. The largest absolute Gasteiger partial charge is 0.480 e. The van der Waals surface area contributed by atoms with Crippen LogP contribution < -0.4 is 33.2 Å². The molecule has 0 radical (unpaired) electrons. The summed E-state index contributed by atoms with van der Waals surface area (Å²) in [5.74, 6) is -3.05. The van der Waals surface area contributed by atoms with E-state index in [4.69, 9.17) is 22.3 Å². The Bertz CT molecular complexity index is 626. The van der Waals surface area contributed by atoms with Gasteiger partial charge in [-0.15, -0.1) is 0 Å². The molecule has 0 bridgehead atoms. The van der Waals surface area contributed by atoms with Gasteiger partial charge in [0.2, 0.25) is 17.7 Å². The zero-order valence-electron chi connectivity index (χ0n) is 17.3. The number of carboxylic acid groups (broad SMARTS) is 1. The lowest BCUT2D eigenvalue weighted by atomic mass is 10.0. The summed E-state index contributed by atoms with van der Waals surface area (Å²) in [5, 5.41) is 16.1. The van der Waals surface area contributed by atoms with Crippen LogP contribution in [0.25, 0.3) is 0 Å². The molecular weight excluding hydrogens is 414 g/mol. The number of amides is 3. The van der Waals surface area contributed by atoms with Gasteiger partial charge in [0.1, 0.15) is 12.1 Å². The molecule has 0 aromatic heterocycles. The molecule has 10 N–H and O–H groups in total. The van der Waals surface area contributed by atoms with Crippen molar-refractivity contribution in [3.63, 3.8) is 0 Å². The van der Waals surface area contributed by atoms with E-state index in [1.807, 2.05) is 13.8 Å². The highest BCUT2D eigenvalue weighted by Crippen LogP contribution is 2.05. The summed E-state index contributed by atoms with van der Waals surface area (Å²) in [6.45, 7) is 3.62. The molecule has 0 saturated carbocycles. The fourth-order valence-corrected chi connectivity index (χ4v) is 2.63. The molecule has 172 valence electrons. The van der Waals surface area contributed by atoms with Gasteiger partial charge in [0.05, 0.1) is 12.6 Å². The van der Waals surface area contributed by atoms with Crippen LogP contribution in [0.15, 0.2) is 4.99 Å². The number of carbonyl (C=O) groups is 4. The molecule has 0 spiro atoms. The molecule has 13 heteroatoms. The number of rotatable bonds is 14. The molecule has 0 aliphatic heterocycles. The summed E-state index contributed by atoms with van der Waals surface area (Å²) in [6, 6.07) is -2.92. The summed E-state index contributed by atoms with van der Waals surface area (Å²) < 4.78 is 0. The lowest BCUT2D eigenvalue weighted by Crippen LogP contribution is -2.53. The van der Waals surface area contributed by atoms with Crippen LogP contribution in [0.5, 0.6) is 0 Å². The van der Waals surface area contributed by atoms with Crippen molar-refractivity contribution < 1.29 is 24.3 Å². The third kappa shape index (κ3) is 12.1. The number of nitrogens with one attached hydrogen (secondary N) is 3. The van der Waals surface area contributed by atoms with Crippen LogP contribution in [-0.4, -0.2) is 71.7 Å². The van der Waals surface area contributed by atoms with Crippen molar-refractivity contribution in [2.75, 3.05) is 18.8 Å². The van der Waals surface area contributed by atoms with Gasteiger partial charge >= 0.3 is 5.97 Å². The minimum atomic E-state index is -1.24. The molecule has 12 nitrogen and oxygen atoms in total. The minimum absolute atomic E-state index is 0.0900. The third-order valence-corrected chi connectivity index (χ3v) is 4.24. The predicted octanol–water partition coefficient (Wildman–Crippen LogP) is -2.49. The number of carboxylic acids is 1. The summed E-state index contributed by atoms with van der Waals surface area (Å²) in [7, 11) is 0. The van der Waals surface area contributed by atoms with Crippen molar-refractivity contribution in [2.24, 2.45) is 28.1 Å². The first-order chi connectivity index (χ1) is 14.0.